The van der Waals surface area contributed by atoms with Gasteiger partial charge in [-0.1, -0.05) is 0 Å². The van der Waals surface area contributed by atoms with Gasteiger partial charge in [0.2, 0.25) is 11.0 Å². The number of carbonyl (C=O) groups excluding carboxylic acids is 4. The lowest BCUT2D eigenvalue weighted by Gasteiger charge is -2.12. The summed E-state index contributed by atoms with van der Waals surface area (Å²) in [5.41, 5.74) is -0.515. The molecular formula is C14H9N5O7S. The van der Waals surface area contributed by atoms with Crippen molar-refractivity contribution in [3.63, 3.8) is 0 Å². The van der Waals surface area contributed by atoms with E-state index in [0.29, 0.717) is 16.4 Å². The Kier molecular flexibility index (Phi) is 4.60. The Hall–Kier alpha value is -3.74. The number of methoxy groups -OCH3 is 1. The number of nitrogens with zero attached hydrogens (tertiary/aromatic N) is 4. The van der Waals surface area contributed by atoms with Crippen molar-refractivity contribution in [2.75, 3.05) is 19.0 Å². The van der Waals surface area contributed by atoms with Crippen molar-refractivity contribution in [1.29, 1.82) is 0 Å². The second-order valence-electron chi connectivity index (χ2n) is 5.15. The predicted molar refractivity (Wildman–Crippen MR) is 88.3 cm³/mol. The van der Waals surface area contributed by atoms with Crippen molar-refractivity contribution in [3.8, 4) is 0 Å². The highest BCUT2D eigenvalue weighted by Gasteiger charge is 2.38. The number of nitro groups is 1. The number of anilines is 1. The highest BCUT2D eigenvalue weighted by atomic mass is 32.1. The van der Waals surface area contributed by atoms with E-state index in [1.165, 1.54) is 6.07 Å². The van der Waals surface area contributed by atoms with Crippen LogP contribution in [-0.4, -0.2) is 56.5 Å². The van der Waals surface area contributed by atoms with Crippen molar-refractivity contribution in [3.05, 3.63) is 45.3 Å². The van der Waals surface area contributed by atoms with Gasteiger partial charge in [0.05, 0.1) is 23.2 Å². The number of hydrogen-bond donors (Lipinski definition) is 1. The molecular weight excluding hydrogens is 382 g/mol. The molecule has 2 heterocycles. The molecule has 2 aromatic rings. The fraction of sp³-hybridized carbons (Fsp3) is 0.143. The van der Waals surface area contributed by atoms with E-state index < -0.39 is 35.2 Å². The number of fused-ring (bicyclic) bond motifs is 1. The molecule has 0 atom stereocenters. The molecule has 0 bridgehead atoms. The zero-order valence-electron chi connectivity index (χ0n) is 13.5. The van der Waals surface area contributed by atoms with E-state index in [4.69, 9.17) is 0 Å². The largest absolute Gasteiger partial charge is 0.463 e. The predicted octanol–water partition coefficient (Wildman–Crippen LogP) is 0.468. The third-order valence-electron chi connectivity index (χ3n) is 3.51. The van der Waals surface area contributed by atoms with Gasteiger partial charge in [-0.15, -0.1) is 0 Å². The number of amides is 3. The van der Waals surface area contributed by atoms with E-state index in [9.17, 15) is 29.3 Å². The average molecular weight is 391 g/mol. The Morgan fingerprint density at radius 1 is 1.30 bits per heavy atom. The Labute approximate surface area is 154 Å². The molecule has 3 rings (SSSR count). The van der Waals surface area contributed by atoms with Gasteiger partial charge in [0.1, 0.15) is 6.54 Å². The number of aromatic nitrogens is 2. The van der Waals surface area contributed by atoms with Crippen molar-refractivity contribution in [1.82, 2.24) is 14.3 Å². The molecule has 1 aromatic heterocycles. The summed E-state index contributed by atoms with van der Waals surface area (Å²) in [6, 6.07) is 3.25. The summed E-state index contributed by atoms with van der Waals surface area (Å²) in [5, 5.41) is 13.1. The number of esters is 1. The van der Waals surface area contributed by atoms with Crippen LogP contribution < -0.4 is 5.32 Å². The Balaban J connectivity index is 1.72. The van der Waals surface area contributed by atoms with Gasteiger partial charge < -0.3 is 4.74 Å². The maximum Gasteiger partial charge on any atom is 0.377 e. The smallest absolute Gasteiger partial charge is 0.377 e. The van der Waals surface area contributed by atoms with Gasteiger partial charge in [-0.25, -0.2) is 4.79 Å². The minimum atomic E-state index is -0.818. The number of carbonyl (C=O) groups is 4. The molecule has 0 saturated heterocycles. The molecule has 0 aliphatic carbocycles. The monoisotopic (exact) mass is 391 g/mol. The van der Waals surface area contributed by atoms with Gasteiger partial charge in [0.15, 0.2) is 0 Å². The van der Waals surface area contributed by atoms with Crippen LogP contribution >= 0.6 is 11.5 Å². The summed E-state index contributed by atoms with van der Waals surface area (Å²) in [4.78, 5) is 62.5. The van der Waals surface area contributed by atoms with Crippen LogP contribution in [-0.2, 0) is 9.53 Å². The van der Waals surface area contributed by atoms with Crippen molar-refractivity contribution >= 4 is 46.0 Å². The molecule has 1 aromatic carbocycles. The minimum absolute atomic E-state index is 0.0207. The molecule has 138 valence electrons. The van der Waals surface area contributed by atoms with Crippen LogP contribution in [0.2, 0.25) is 0 Å². The lowest BCUT2D eigenvalue weighted by molar-refractivity contribution is -0.384. The first kappa shape index (κ1) is 18.1. The molecule has 0 fully saturated rings. The van der Waals surface area contributed by atoms with Gasteiger partial charge in [-0.2, -0.15) is 9.36 Å². The average Bonchev–Trinajstić information content (AvgIpc) is 3.20. The number of nitrogens with one attached hydrogen (secondary N) is 1. The summed E-state index contributed by atoms with van der Waals surface area (Å²) < 4.78 is 8.13. The third kappa shape index (κ3) is 3.35. The Bertz CT molecular complexity index is 1000. The molecule has 1 aliphatic heterocycles. The molecule has 13 heteroatoms. The molecule has 1 aliphatic rings. The lowest BCUT2D eigenvalue weighted by atomic mass is 10.1. The molecule has 12 nitrogen and oxygen atoms in total. The normalized spacial score (nSPS) is 12.7. The van der Waals surface area contributed by atoms with E-state index in [0.717, 1.165) is 19.2 Å². The van der Waals surface area contributed by atoms with Crippen LogP contribution in [0.1, 0.15) is 31.3 Å². The second kappa shape index (κ2) is 6.87. The maximum atomic E-state index is 12.3. The topological polar surface area (TPSA) is 162 Å². The number of rotatable bonds is 5. The summed E-state index contributed by atoms with van der Waals surface area (Å²) in [5.74, 6) is -3.35. The number of nitro benzene ring substituents is 1. The Morgan fingerprint density at radius 2 is 2.00 bits per heavy atom. The molecule has 0 saturated carbocycles. The van der Waals surface area contributed by atoms with E-state index in [2.05, 4.69) is 19.4 Å². The number of non-ortho nitro benzene ring substituents is 1. The van der Waals surface area contributed by atoms with E-state index >= 15 is 0 Å². The van der Waals surface area contributed by atoms with Crippen molar-refractivity contribution in [2.24, 2.45) is 0 Å². The van der Waals surface area contributed by atoms with Gasteiger partial charge in [-0.3, -0.25) is 34.7 Å². The summed E-state index contributed by atoms with van der Waals surface area (Å²) in [6.07, 6.45) is 0. The fourth-order valence-corrected chi connectivity index (χ4v) is 2.86. The summed E-state index contributed by atoms with van der Waals surface area (Å²) in [7, 11) is 1.15. The molecule has 1 N–H and O–H groups in total. The summed E-state index contributed by atoms with van der Waals surface area (Å²) in [6.45, 7) is -0.632. The molecule has 3 amide bonds. The van der Waals surface area contributed by atoms with Crippen LogP contribution in [0.3, 0.4) is 0 Å². The molecule has 0 spiro atoms. The lowest BCUT2D eigenvalue weighted by Crippen LogP contribution is -2.37. The minimum Gasteiger partial charge on any atom is -0.463 e. The second-order valence-corrected chi connectivity index (χ2v) is 5.90. The summed E-state index contributed by atoms with van der Waals surface area (Å²) >= 11 is 0.716. The van der Waals surface area contributed by atoms with Crippen molar-refractivity contribution in [2.45, 2.75) is 0 Å². The molecule has 0 unspecified atom stereocenters. The van der Waals surface area contributed by atoms with Crippen LogP contribution in [0.4, 0.5) is 10.8 Å². The van der Waals surface area contributed by atoms with Gasteiger partial charge in [-0.05, 0) is 6.07 Å². The zero-order chi connectivity index (χ0) is 19.7. The van der Waals surface area contributed by atoms with E-state index in [1.54, 1.807) is 0 Å². The molecule has 27 heavy (non-hydrogen) atoms. The highest BCUT2D eigenvalue weighted by Crippen LogP contribution is 2.26. The van der Waals surface area contributed by atoms with E-state index in [1.807, 2.05) is 0 Å². The standard InChI is InChI=1S/C14H9N5O7S/c1-26-13(23)10-16-14(27-17-10)15-9(20)5-18-11(21)7-3-2-6(19(24)25)4-8(7)12(18)22/h2-4H,5H2,1H3,(H,15,16,17,20). The fourth-order valence-electron chi connectivity index (χ4n) is 2.29. The van der Waals surface area contributed by atoms with Crippen LogP contribution in [0.5, 0.6) is 0 Å². The van der Waals surface area contributed by atoms with E-state index in [-0.39, 0.29) is 27.8 Å². The van der Waals surface area contributed by atoms with Gasteiger partial charge in [0, 0.05) is 23.7 Å². The maximum absolute atomic E-state index is 12.3. The van der Waals surface area contributed by atoms with Gasteiger partial charge >= 0.3 is 5.97 Å². The van der Waals surface area contributed by atoms with Crippen LogP contribution in [0.25, 0.3) is 0 Å². The number of hydrogen-bond acceptors (Lipinski definition) is 10. The van der Waals surface area contributed by atoms with Crippen molar-refractivity contribution < 1.29 is 28.8 Å². The first-order chi connectivity index (χ1) is 12.8. The molecule has 0 radical (unpaired) electrons. The number of ether oxygens (including phenoxy) is 1. The van der Waals surface area contributed by atoms with Crippen LogP contribution in [0.15, 0.2) is 18.2 Å². The zero-order valence-corrected chi connectivity index (χ0v) is 14.3. The van der Waals surface area contributed by atoms with Gasteiger partial charge in [0.25, 0.3) is 23.3 Å². The first-order valence-corrected chi connectivity index (χ1v) is 7.95. The highest BCUT2D eigenvalue weighted by molar-refractivity contribution is 7.10. The number of imide groups is 1. The SMILES string of the molecule is COC(=O)c1nsc(NC(=O)CN2C(=O)c3ccc([N+](=O)[O-])cc3C2=O)n1. The van der Waals surface area contributed by atoms with Crippen LogP contribution in [0, 0.1) is 10.1 Å². The quantitative estimate of drug-likeness (QED) is 0.330. The number of benzene rings is 1. The first-order valence-electron chi connectivity index (χ1n) is 7.18. The third-order valence-corrected chi connectivity index (χ3v) is 4.14. The Morgan fingerprint density at radius 3 is 2.67 bits per heavy atom.